The van der Waals surface area contributed by atoms with Crippen LogP contribution in [0.15, 0.2) is 42.5 Å². The van der Waals surface area contributed by atoms with E-state index in [1.807, 2.05) is 17.0 Å². The summed E-state index contributed by atoms with van der Waals surface area (Å²) in [7, 11) is 0. The van der Waals surface area contributed by atoms with Gasteiger partial charge < -0.3 is 14.5 Å². The number of nitrogens with zero attached hydrogens (tertiary/aromatic N) is 4. The molecule has 0 aliphatic carbocycles. The predicted octanol–water partition coefficient (Wildman–Crippen LogP) is 2.12. The molecule has 2 aliphatic rings. The quantitative estimate of drug-likeness (QED) is 0.649. The third-order valence-corrected chi connectivity index (χ3v) is 6.13. The van der Waals surface area contributed by atoms with Crippen LogP contribution in [0, 0.1) is 0 Å². The molecule has 3 aromatic rings. The van der Waals surface area contributed by atoms with Gasteiger partial charge >= 0.3 is 0 Å². The summed E-state index contributed by atoms with van der Waals surface area (Å²) in [6.45, 7) is 2.36. The molecule has 148 valence electrons. The summed E-state index contributed by atoms with van der Waals surface area (Å²) < 4.78 is 14.1. The second-order valence-electron chi connectivity index (χ2n) is 7.36. The molecule has 0 saturated carbocycles. The van der Waals surface area contributed by atoms with Gasteiger partial charge in [0.15, 0.2) is 6.10 Å². The molecule has 8 heteroatoms. The SMILES string of the molecule is O=C(c1ccc2nsnc2c1)N1CCO[C@H](C(=O)N2CCc3ccccc3C2)C1. The fraction of sp³-hybridized carbons (Fsp3) is 0.333. The summed E-state index contributed by atoms with van der Waals surface area (Å²) in [5.41, 5.74) is 4.54. The van der Waals surface area contributed by atoms with Crippen molar-refractivity contribution >= 4 is 34.6 Å². The van der Waals surface area contributed by atoms with E-state index in [-0.39, 0.29) is 18.4 Å². The average Bonchev–Trinajstić information content (AvgIpc) is 3.26. The van der Waals surface area contributed by atoms with Crippen molar-refractivity contribution in [1.82, 2.24) is 18.5 Å². The topological polar surface area (TPSA) is 75.6 Å². The molecule has 1 saturated heterocycles. The van der Waals surface area contributed by atoms with Gasteiger partial charge in [0.1, 0.15) is 11.0 Å². The van der Waals surface area contributed by atoms with E-state index in [4.69, 9.17) is 4.74 Å². The number of hydrogen-bond donors (Lipinski definition) is 0. The van der Waals surface area contributed by atoms with Crippen molar-refractivity contribution < 1.29 is 14.3 Å². The number of aromatic nitrogens is 2. The summed E-state index contributed by atoms with van der Waals surface area (Å²) in [5.74, 6) is -0.152. The molecule has 5 rings (SSSR count). The molecule has 0 bridgehead atoms. The Bertz CT molecular complexity index is 1080. The molecule has 0 radical (unpaired) electrons. The number of carbonyl (C=O) groups is 2. The van der Waals surface area contributed by atoms with Gasteiger partial charge in [-0.3, -0.25) is 9.59 Å². The Morgan fingerprint density at radius 2 is 1.83 bits per heavy atom. The minimum atomic E-state index is -0.623. The monoisotopic (exact) mass is 408 g/mol. The van der Waals surface area contributed by atoms with Gasteiger partial charge in [0, 0.05) is 25.2 Å². The van der Waals surface area contributed by atoms with Crippen molar-refractivity contribution in [3.63, 3.8) is 0 Å². The van der Waals surface area contributed by atoms with Crippen molar-refractivity contribution in [2.45, 2.75) is 19.1 Å². The number of benzene rings is 2. The van der Waals surface area contributed by atoms with Crippen LogP contribution in [0.5, 0.6) is 0 Å². The van der Waals surface area contributed by atoms with Gasteiger partial charge in [-0.2, -0.15) is 8.75 Å². The van der Waals surface area contributed by atoms with Crippen molar-refractivity contribution in [2.24, 2.45) is 0 Å². The highest BCUT2D eigenvalue weighted by Crippen LogP contribution is 2.21. The van der Waals surface area contributed by atoms with Gasteiger partial charge in [0.05, 0.1) is 24.9 Å². The van der Waals surface area contributed by atoms with Crippen LogP contribution < -0.4 is 0 Å². The lowest BCUT2D eigenvalue weighted by molar-refractivity contribution is -0.149. The number of amides is 2. The molecule has 2 aliphatic heterocycles. The van der Waals surface area contributed by atoms with E-state index in [0.717, 1.165) is 23.7 Å². The minimum absolute atomic E-state index is 0.0452. The van der Waals surface area contributed by atoms with Gasteiger partial charge in [-0.1, -0.05) is 24.3 Å². The lowest BCUT2D eigenvalue weighted by Crippen LogP contribution is -2.53. The Morgan fingerprint density at radius 3 is 2.72 bits per heavy atom. The smallest absolute Gasteiger partial charge is 0.254 e. The van der Waals surface area contributed by atoms with Gasteiger partial charge in [-0.15, -0.1) is 0 Å². The van der Waals surface area contributed by atoms with Crippen LogP contribution in [-0.4, -0.2) is 62.7 Å². The Hall–Kier alpha value is -2.84. The normalized spacial score (nSPS) is 19.2. The molecule has 7 nitrogen and oxygen atoms in total. The summed E-state index contributed by atoms with van der Waals surface area (Å²) in [6.07, 6.45) is 0.224. The van der Waals surface area contributed by atoms with Crippen LogP contribution >= 0.6 is 11.7 Å². The highest BCUT2D eigenvalue weighted by Gasteiger charge is 2.33. The number of morpholine rings is 1. The maximum Gasteiger partial charge on any atom is 0.254 e. The number of ether oxygens (including phenoxy) is 1. The number of rotatable bonds is 2. The van der Waals surface area contributed by atoms with Gasteiger partial charge in [0.2, 0.25) is 0 Å². The second kappa shape index (κ2) is 7.53. The molecular weight excluding hydrogens is 388 g/mol. The van der Waals surface area contributed by atoms with E-state index in [1.165, 1.54) is 11.1 Å². The van der Waals surface area contributed by atoms with Crippen molar-refractivity contribution in [3.05, 3.63) is 59.2 Å². The van der Waals surface area contributed by atoms with E-state index in [2.05, 4.69) is 20.9 Å². The summed E-state index contributed by atoms with van der Waals surface area (Å²) in [4.78, 5) is 29.6. The summed E-state index contributed by atoms with van der Waals surface area (Å²) in [6, 6.07) is 13.5. The maximum absolute atomic E-state index is 13.1. The molecule has 2 amide bonds. The predicted molar refractivity (Wildman–Crippen MR) is 109 cm³/mol. The van der Waals surface area contributed by atoms with Crippen LogP contribution in [0.25, 0.3) is 11.0 Å². The summed E-state index contributed by atoms with van der Waals surface area (Å²) in [5, 5.41) is 0. The Morgan fingerprint density at radius 1 is 1.00 bits per heavy atom. The Balaban J connectivity index is 1.29. The molecule has 1 atom stereocenters. The largest absolute Gasteiger partial charge is 0.365 e. The fourth-order valence-electron chi connectivity index (χ4n) is 3.97. The van der Waals surface area contributed by atoms with Crippen molar-refractivity contribution in [2.75, 3.05) is 26.2 Å². The maximum atomic E-state index is 13.1. The molecular formula is C21H20N4O3S. The Labute approximate surface area is 172 Å². The van der Waals surface area contributed by atoms with Crippen LogP contribution in [0.3, 0.4) is 0 Å². The van der Waals surface area contributed by atoms with E-state index >= 15 is 0 Å². The first-order valence-corrected chi connectivity index (χ1v) is 10.4. The first kappa shape index (κ1) is 18.2. The molecule has 0 N–H and O–H groups in total. The summed E-state index contributed by atoms with van der Waals surface area (Å²) >= 11 is 1.13. The molecule has 29 heavy (non-hydrogen) atoms. The third-order valence-electron chi connectivity index (χ3n) is 5.57. The van der Waals surface area contributed by atoms with E-state index < -0.39 is 6.10 Å². The number of hydrogen-bond acceptors (Lipinski definition) is 6. The molecule has 1 fully saturated rings. The molecule has 3 heterocycles. The van der Waals surface area contributed by atoms with Crippen LogP contribution in [-0.2, 0) is 22.5 Å². The number of carbonyl (C=O) groups excluding carboxylic acids is 2. The van der Waals surface area contributed by atoms with Gasteiger partial charge in [-0.05, 0) is 35.7 Å². The highest BCUT2D eigenvalue weighted by molar-refractivity contribution is 7.00. The lowest BCUT2D eigenvalue weighted by Gasteiger charge is -2.36. The molecule has 1 aromatic heterocycles. The fourth-order valence-corrected chi connectivity index (χ4v) is 4.49. The third kappa shape index (κ3) is 3.49. The molecule has 0 unspecified atom stereocenters. The van der Waals surface area contributed by atoms with Crippen LogP contribution in [0.1, 0.15) is 21.5 Å². The van der Waals surface area contributed by atoms with Crippen LogP contribution in [0.2, 0.25) is 0 Å². The molecule has 2 aromatic carbocycles. The standard InChI is InChI=1S/C21H20N4O3S/c26-20(15-5-6-17-18(11-15)23-29-22-17)25-9-10-28-19(13-25)21(27)24-8-7-14-3-1-2-4-16(14)12-24/h1-6,11,19H,7-10,12-13H2/t19-/m0/s1. The van der Waals surface area contributed by atoms with E-state index in [0.29, 0.717) is 37.3 Å². The zero-order valence-electron chi connectivity index (χ0n) is 15.8. The first-order chi connectivity index (χ1) is 14.2. The lowest BCUT2D eigenvalue weighted by atomic mass is 9.99. The second-order valence-corrected chi connectivity index (χ2v) is 7.89. The van der Waals surface area contributed by atoms with Crippen LogP contribution in [0.4, 0.5) is 0 Å². The zero-order chi connectivity index (χ0) is 19.8. The van der Waals surface area contributed by atoms with Gasteiger partial charge in [0.25, 0.3) is 11.8 Å². The zero-order valence-corrected chi connectivity index (χ0v) is 16.6. The molecule has 0 spiro atoms. The average molecular weight is 408 g/mol. The number of fused-ring (bicyclic) bond motifs is 2. The first-order valence-electron chi connectivity index (χ1n) is 9.68. The van der Waals surface area contributed by atoms with Crippen molar-refractivity contribution in [1.29, 1.82) is 0 Å². The highest BCUT2D eigenvalue weighted by atomic mass is 32.1. The van der Waals surface area contributed by atoms with E-state index in [1.54, 1.807) is 23.1 Å². The van der Waals surface area contributed by atoms with Crippen molar-refractivity contribution in [3.8, 4) is 0 Å². The van der Waals surface area contributed by atoms with E-state index in [9.17, 15) is 9.59 Å². The minimum Gasteiger partial charge on any atom is -0.365 e. The van der Waals surface area contributed by atoms with Gasteiger partial charge in [-0.25, -0.2) is 0 Å². The Kier molecular flexibility index (Phi) is 4.73.